The van der Waals surface area contributed by atoms with Gasteiger partial charge in [0.25, 0.3) is 0 Å². The minimum Gasteiger partial charge on any atom is -0.472 e. The zero-order chi connectivity index (χ0) is 9.90. The molecule has 0 amide bonds. The van der Waals surface area contributed by atoms with Crippen molar-refractivity contribution in [2.75, 3.05) is 0 Å². The second kappa shape index (κ2) is 3.75. The number of nitrogens with two attached hydrogens (primary N) is 1. The molecule has 0 aliphatic rings. The minimum absolute atomic E-state index is 0.0522. The van der Waals surface area contributed by atoms with Crippen molar-refractivity contribution in [2.45, 2.75) is 32.2 Å². The first-order valence-electron chi connectivity index (χ1n) is 4.39. The van der Waals surface area contributed by atoms with Gasteiger partial charge in [0.15, 0.2) is 5.78 Å². The largest absolute Gasteiger partial charge is 0.472 e. The average molecular weight is 181 g/mol. The van der Waals surface area contributed by atoms with E-state index in [4.69, 9.17) is 10.2 Å². The van der Waals surface area contributed by atoms with Crippen molar-refractivity contribution in [1.82, 2.24) is 0 Å². The number of carbonyl (C=O) groups is 1. The van der Waals surface area contributed by atoms with E-state index in [0.717, 1.165) is 5.56 Å². The number of carbonyl (C=O) groups excluding carboxylic acids is 1. The fraction of sp³-hybridized carbons (Fsp3) is 0.500. The molecule has 3 nitrogen and oxygen atoms in total. The molecule has 1 unspecified atom stereocenters. The van der Waals surface area contributed by atoms with Crippen LogP contribution < -0.4 is 5.73 Å². The molecular weight excluding hydrogens is 166 g/mol. The Morgan fingerprint density at radius 3 is 2.85 bits per heavy atom. The van der Waals surface area contributed by atoms with E-state index in [1.54, 1.807) is 25.5 Å². The van der Waals surface area contributed by atoms with Crippen LogP contribution in [-0.2, 0) is 11.2 Å². The van der Waals surface area contributed by atoms with Gasteiger partial charge in [-0.15, -0.1) is 0 Å². The Balaban J connectivity index is 2.61. The van der Waals surface area contributed by atoms with Crippen molar-refractivity contribution in [3.05, 3.63) is 24.2 Å². The summed E-state index contributed by atoms with van der Waals surface area (Å²) in [6, 6.07) is 1.78. The van der Waals surface area contributed by atoms with Crippen LogP contribution in [0.1, 0.15) is 25.8 Å². The summed E-state index contributed by atoms with van der Waals surface area (Å²) in [4.78, 5) is 11.6. The van der Waals surface area contributed by atoms with Gasteiger partial charge < -0.3 is 10.2 Å². The summed E-state index contributed by atoms with van der Waals surface area (Å²) in [6.07, 6.45) is 4.15. The predicted octanol–water partition coefficient (Wildman–Crippen LogP) is 1.52. The molecule has 0 aliphatic carbocycles. The van der Waals surface area contributed by atoms with Gasteiger partial charge in [0.1, 0.15) is 0 Å². The molecule has 72 valence electrons. The molecule has 1 heterocycles. The maximum absolute atomic E-state index is 11.6. The predicted molar refractivity (Wildman–Crippen MR) is 50.3 cm³/mol. The Morgan fingerprint density at radius 1 is 1.69 bits per heavy atom. The fourth-order valence-corrected chi connectivity index (χ4v) is 0.978. The summed E-state index contributed by atoms with van der Waals surface area (Å²) in [7, 11) is 0. The molecule has 0 spiro atoms. The van der Waals surface area contributed by atoms with Crippen molar-refractivity contribution in [3.8, 4) is 0 Å². The van der Waals surface area contributed by atoms with Gasteiger partial charge in [-0.2, -0.15) is 0 Å². The first kappa shape index (κ1) is 9.99. The smallest absolute Gasteiger partial charge is 0.156 e. The number of ketones is 1. The van der Waals surface area contributed by atoms with Gasteiger partial charge in [-0.05, 0) is 25.0 Å². The molecule has 1 rings (SSSR count). The van der Waals surface area contributed by atoms with E-state index in [1.807, 2.05) is 6.92 Å². The summed E-state index contributed by atoms with van der Waals surface area (Å²) in [6.45, 7) is 3.67. The Morgan fingerprint density at radius 2 is 2.38 bits per heavy atom. The van der Waals surface area contributed by atoms with E-state index in [2.05, 4.69) is 0 Å². The molecular formula is C10H15NO2. The highest BCUT2D eigenvalue weighted by atomic mass is 16.3. The van der Waals surface area contributed by atoms with Crippen LogP contribution in [0, 0.1) is 0 Å². The third kappa shape index (κ3) is 2.42. The van der Waals surface area contributed by atoms with E-state index in [0.29, 0.717) is 12.8 Å². The maximum Gasteiger partial charge on any atom is 0.156 e. The van der Waals surface area contributed by atoms with E-state index < -0.39 is 5.54 Å². The number of furan rings is 1. The summed E-state index contributed by atoms with van der Waals surface area (Å²) < 4.78 is 4.87. The Bertz CT molecular complexity index is 275. The summed E-state index contributed by atoms with van der Waals surface area (Å²) in [5.74, 6) is 0.0522. The zero-order valence-electron chi connectivity index (χ0n) is 8.04. The first-order valence-corrected chi connectivity index (χ1v) is 4.39. The topological polar surface area (TPSA) is 56.2 Å². The SMILES string of the molecule is CCC(C)(N)C(=O)Cc1ccoc1. The number of Topliss-reactive ketones (excluding diaryl/α,β-unsaturated/α-hetero) is 1. The molecule has 2 N–H and O–H groups in total. The number of hydrogen-bond donors (Lipinski definition) is 1. The lowest BCUT2D eigenvalue weighted by molar-refractivity contribution is -0.123. The molecule has 13 heavy (non-hydrogen) atoms. The van der Waals surface area contributed by atoms with Crippen LogP contribution in [0.5, 0.6) is 0 Å². The van der Waals surface area contributed by atoms with Crippen molar-refractivity contribution >= 4 is 5.78 Å². The Hall–Kier alpha value is -1.09. The summed E-state index contributed by atoms with van der Waals surface area (Å²) in [5.41, 5.74) is 5.97. The minimum atomic E-state index is -0.711. The van der Waals surface area contributed by atoms with Gasteiger partial charge in [0.05, 0.1) is 18.1 Å². The first-order chi connectivity index (χ1) is 6.06. The molecule has 0 saturated heterocycles. The molecule has 0 aliphatic heterocycles. The van der Waals surface area contributed by atoms with Crippen molar-refractivity contribution in [1.29, 1.82) is 0 Å². The molecule has 0 radical (unpaired) electrons. The van der Waals surface area contributed by atoms with Crippen LogP contribution in [-0.4, -0.2) is 11.3 Å². The van der Waals surface area contributed by atoms with Crippen LogP contribution in [0.3, 0.4) is 0 Å². The number of hydrogen-bond acceptors (Lipinski definition) is 3. The third-order valence-electron chi connectivity index (χ3n) is 2.32. The van der Waals surface area contributed by atoms with Crippen molar-refractivity contribution in [3.63, 3.8) is 0 Å². The van der Waals surface area contributed by atoms with Crippen LogP contribution >= 0.6 is 0 Å². The second-order valence-corrected chi connectivity index (χ2v) is 3.50. The third-order valence-corrected chi connectivity index (χ3v) is 2.32. The monoisotopic (exact) mass is 181 g/mol. The fourth-order valence-electron chi connectivity index (χ4n) is 0.978. The number of rotatable bonds is 4. The van der Waals surface area contributed by atoms with Crippen LogP contribution in [0.2, 0.25) is 0 Å². The van der Waals surface area contributed by atoms with Crippen LogP contribution in [0.25, 0.3) is 0 Å². The standard InChI is InChI=1S/C10H15NO2/c1-3-10(2,11)9(12)6-8-4-5-13-7-8/h4-5,7H,3,6,11H2,1-2H3. The van der Waals surface area contributed by atoms with Gasteiger partial charge in [0.2, 0.25) is 0 Å². The van der Waals surface area contributed by atoms with Crippen molar-refractivity contribution < 1.29 is 9.21 Å². The molecule has 3 heteroatoms. The van der Waals surface area contributed by atoms with Gasteiger partial charge in [-0.1, -0.05) is 6.92 Å². The summed E-state index contributed by atoms with van der Waals surface area (Å²) in [5, 5.41) is 0. The van der Waals surface area contributed by atoms with Crippen molar-refractivity contribution in [2.24, 2.45) is 5.73 Å². The maximum atomic E-state index is 11.6. The quantitative estimate of drug-likeness (QED) is 0.766. The molecule has 1 aromatic rings. The lowest BCUT2D eigenvalue weighted by Gasteiger charge is -2.20. The molecule has 0 bridgehead atoms. The van der Waals surface area contributed by atoms with E-state index in [-0.39, 0.29) is 5.78 Å². The lowest BCUT2D eigenvalue weighted by atomic mass is 9.91. The summed E-state index contributed by atoms with van der Waals surface area (Å²) >= 11 is 0. The molecule has 1 aromatic heterocycles. The van der Waals surface area contributed by atoms with Gasteiger partial charge >= 0.3 is 0 Å². The highest BCUT2D eigenvalue weighted by Crippen LogP contribution is 2.11. The zero-order valence-corrected chi connectivity index (χ0v) is 8.04. The highest BCUT2D eigenvalue weighted by molar-refractivity contribution is 5.89. The molecule has 0 aromatic carbocycles. The van der Waals surface area contributed by atoms with E-state index in [9.17, 15) is 4.79 Å². The van der Waals surface area contributed by atoms with Gasteiger partial charge in [0, 0.05) is 6.42 Å². The second-order valence-electron chi connectivity index (χ2n) is 3.50. The van der Waals surface area contributed by atoms with Crippen LogP contribution in [0.4, 0.5) is 0 Å². The van der Waals surface area contributed by atoms with E-state index >= 15 is 0 Å². The Labute approximate surface area is 77.9 Å². The molecule has 0 saturated carbocycles. The van der Waals surface area contributed by atoms with Gasteiger partial charge in [-0.25, -0.2) is 0 Å². The normalized spacial score (nSPS) is 15.3. The van der Waals surface area contributed by atoms with Crippen LogP contribution in [0.15, 0.2) is 23.0 Å². The Kier molecular flexibility index (Phi) is 2.88. The molecule has 0 fully saturated rings. The highest BCUT2D eigenvalue weighted by Gasteiger charge is 2.25. The van der Waals surface area contributed by atoms with Gasteiger partial charge in [-0.3, -0.25) is 4.79 Å². The molecule has 1 atom stereocenters. The average Bonchev–Trinajstić information content (AvgIpc) is 2.57. The lowest BCUT2D eigenvalue weighted by Crippen LogP contribution is -2.45. The van der Waals surface area contributed by atoms with E-state index in [1.165, 1.54) is 0 Å².